The van der Waals surface area contributed by atoms with Gasteiger partial charge in [0.25, 0.3) is 0 Å². The maximum absolute atomic E-state index is 12.7. The molecule has 7 nitrogen and oxygen atoms in total. The third-order valence-corrected chi connectivity index (χ3v) is 5.73. The van der Waals surface area contributed by atoms with E-state index in [1.54, 1.807) is 13.1 Å². The summed E-state index contributed by atoms with van der Waals surface area (Å²) >= 11 is 0. The van der Waals surface area contributed by atoms with E-state index in [1.165, 1.54) is 0 Å². The second-order valence-electron chi connectivity index (χ2n) is 7.71. The number of fused-ring (bicyclic) bond motifs is 1. The van der Waals surface area contributed by atoms with Gasteiger partial charge in [-0.3, -0.25) is 9.59 Å². The molecule has 0 bridgehead atoms. The van der Waals surface area contributed by atoms with Gasteiger partial charge in [0, 0.05) is 68.0 Å². The van der Waals surface area contributed by atoms with Gasteiger partial charge in [-0.2, -0.15) is 0 Å². The number of carbonyl (C=O) groups excluding carboxylic acids is 2. The van der Waals surface area contributed by atoms with Crippen LogP contribution in [0.5, 0.6) is 0 Å². The summed E-state index contributed by atoms with van der Waals surface area (Å²) in [6, 6.07) is 11.9. The second-order valence-corrected chi connectivity index (χ2v) is 7.71. The van der Waals surface area contributed by atoms with Crippen LogP contribution in [0.15, 0.2) is 42.6 Å². The van der Waals surface area contributed by atoms with E-state index in [0.29, 0.717) is 26.1 Å². The number of para-hydroxylation sites is 1. The number of nitrogens with one attached hydrogen (secondary N) is 2. The molecule has 0 radical (unpaired) electrons. The van der Waals surface area contributed by atoms with Gasteiger partial charge in [0.2, 0.25) is 11.8 Å². The van der Waals surface area contributed by atoms with Gasteiger partial charge in [-0.15, -0.1) is 0 Å². The zero-order chi connectivity index (χ0) is 21.1. The standard InChI is InChI=1S/C23H27N5O2/c1-16-20(19-7-3-4-8-21(19)26-16)14-22(30)25-15-18-6-5-9-24-23(18)28-12-10-27(11-13-28)17(2)29/h3-9,26H,10-15H2,1-2H3,(H,25,30). The predicted molar refractivity (Wildman–Crippen MR) is 117 cm³/mol. The Balaban J connectivity index is 1.41. The predicted octanol–water partition coefficient (Wildman–Crippen LogP) is 2.40. The van der Waals surface area contributed by atoms with Gasteiger partial charge in [0.05, 0.1) is 6.42 Å². The molecule has 0 spiro atoms. The van der Waals surface area contributed by atoms with Crippen LogP contribution >= 0.6 is 0 Å². The van der Waals surface area contributed by atoms with Crippen LogP contribution in [-0.2, 0) is 22.6 Å². The van der Waals surface area contributed by atoms with E-state index in [9.17, 15) is 9.59 Å². The Kier molecular flexibility index (Phi) is 5.70. The van der Waals surface area contributed by atoms with Crippen LogP contribution in [0.1, 0.15) is 23.7 Å². The first-order valence-electron chi connectivity index (χ1n) is 10.3. The van der Waals surface area contributed by atoms with Crippen molar-refractivity contribution >= 4 is 28.5 Å². The van der Waals surface area contributed by atoms with Crippen molar-refractivity contribution in [2.45, 2.75) is 26.8 Å². The van der Waals surface area contributed by atoms with E-state index in [1.807, 2.05) is 48.2 Å². The summed E-state index contributed by atoms with van der Waals surface area (Å²) in [4.78, 5) is 36.2. The Hall–Kier alpha value is -3.35. The number of pyridine rings is 1. The molecule has 2 amide bonds. The molecule has 30 heavy (non-hydrogen) atoms. The Labute approximate surface area is 176 Å². The fourth-order valence-corrected chi connectivity index (χ4v) is 4.07. The highest BCUT2D eigenvalue weighted by Crippen LogP contribution is 2.23. The lowest BCUT2D eigenvalue weighted by atomic mass is 10.1. The number of amides is 2. The average Bonchev–Trinajstić information content (AvgIpc) is 3.07. The third-order valence-electron chi connectivity index (χ3n) is 5.73. The summed E-state index contributed by atoms with van der Waals surface area (Å²) in [5.41, 5.74) is 4.10. The van der Waals surface area contributed by atoms with E-state index < -0.39 is 0 Å². The Bertz CT molecular complexity index is 1070. The number of rotatable bonds is 5. The number of carbonyl (C=O) groups is 2. The van der Waals surface area contributed by atoms with Crippen LogP contribution in [0.3, 0.4) is 0 Å². The largest absolute Gasteiger partial charge is 0.358 e. The van der Waals surface area contributed by atoms with Crippen LogP contribution in [0.2, 0.25) is 0 Å². The highest BCUT2D eigenvalue weighted by Gasteiger charge is 2.21. The molecule has 2 aromatic heterocycles. The highest BCUT2D eigenvalue weighted by molar-refractivity contribution is 5.90. The van der Waals surface area contributed by atoms with Crippen molar-refractivity contribution in [1.82, 2.24) is 20.2 Å². The zero-order valence-corrected chi connectivity index (χ0v) is 17.4. The molecule has 1 fully saturated rings. The number of anilines is 1. The monoisotopic (exact) mass is 405 g/mol. The molecule has 0 atom stereocenters. The van der Waals surface area contributed by atoms with Crippen LogP contribution in [0, 0.1) is 6.92 Å². The number of hydrogen-bond donors (Lipinski definition) is 2. The van der Waals surface area contributed by atoms with E-state index in [0.717, 1.165) is 46.6 Å². The van der Waals surface area contributed by atoms with Crippen LogP contribution < -0.4 is 10.2 Å². The van der Waals surface area contributed by atoms with E-state index in [4.69, 9.17) is 0 Å². The van der Waals surface area contributed by atoms with Crippen molar-refractivity contribution in [2.24, 2.45) is 0 Å². The SMILES string of the molecule is CC(=O)N1CCN(c2ncccc2CNC(=O)Cc2c(C)[nH]c3ccccc23)CC1. The zero-order valence-electron chi connectivity index (χ0n) is 17.4. The molecule has 1 aromatic carbocycles. The third kappa shape index (κ3) is 4.15. The first-order chi connectivity index (χ1) is 14.5. The summed E-state index contributed by atoms with van der Waals surface area (Å²) < 4.78 is 0. The number of H-pyrrole nitrogens is 1. The van der Waals surface area contributed by atoms with E-state index >= 15 is 0 Å². The minimum absolute atomic E-state index is 0.0148. The topological polar surface area (TPSA) is 81.3 Å². The van der Waals surface area contributed by atoms with Crippen molar-refractivity contribution in [2.75, 3.05) is 31.1 Å². The van der Waals surface area contributed by atoms with Crippen LogP contribution in [0.25, 0.3) is 10.9 Å². The Morgan fingerprint density at radius 2 is 1.87 bits per heavy atom. The molecule has 156 valence electrons. The molecule has 0 saturated carbocycles. The molecule has 1 saturated heterocycles. The van der Waals surface area contributed by atoms with Crippen molar-refractivity contribution in [3.8, 4) is 0 Å². The van der Waals surface area contributed by atoms with E-state index in [-0.39, 0.29) is 11.8 Å². The highest BCUT2D eigenvalue weighted by atomic mass is 16.2. The molecule has 3 aromatic rings. The molecule has 0 unspecified atom stereocenters. The number of aryl methyl sites for hydroxylation is 1. The van der Waals surface area contributed by atoms with Gasteiger partial charge in [-0.1, -0.05) is 24.3 Å². The quantitative estimate of drug-likeness (QED) is 0.683. The maximum atomic E-state index is 12.7. The van der Waals surface area contributed by atoms with Gasteiger partial charge in [-0.05, 0) is 24.6 Å². The minimum Gasteiger partial charge on any atom is -0.358 e. The van der Waals surface area contributed by atoms with Gasteiger partial charge in [0.1, 0.15) is 5.82 Å². The molecule has 7 heteroatoms. The van der Waals surface area contributed by atoms with Crippen molar-refractivity contribution in [3.63, 3.8) is 0 Å². The molecule has 2 N–H and O–H groups in total. The Morgan fingerprint density at radius 1 is 1.10 bits per heavy atom. The molecule has 1 aliphatic rings. The summed E-state index contributed by atoms with van der Waals surface area (Å²) in [5.74, 6) is 0.971. The molecule has 3 heterocycles. The number of aromatic nitrogens is 2. The number of benzene rings is 1. The summed E-state index contributed by atoms with van der Waals surface area (Å²) in [7, 11) is 0. The van der Waals surface area contributed by atoms with E-state index in [2.05, 4.69) is 20.2 Å². The first-order valence-corrected chi connectivity index (χ1v) is 10.3. The fourth-order valence-electron chi connectivity index (χ4n) is 4.07. The van der Waals surface area contributed by atoms with Crippen molar-refractivity contribution < 1.29 is 9.59 Å². The summed E-state index contributed by atoms with van der Waals surface area (Å²) in [6.45, 7) is 6.90. The molecule has 4 rings (SSSR count). The number of aromatic amines is 1. The molecular formula is C23H27N5O2. The Morgan fingerprint density at radius 3 is 2.63 bits per heavy atom. The summed E-state index contributed by atoms with van der Waals surface area (Å²) in [5, 5.41) is 4.14. The minimum atomic E-state index is -0.0148. The van der Waals surface area contributed by atoms with Gasteiger partial charge < -0.3 is 20.1 Å². The van der Waals surface area contributed by atoms with Gasteiger partial charge in [-0.25, -0.2) is 4.98 Å². The lowest BCUT2D eigenvalue weighted by Gasteiger charge is -2.35. The number of piperazine rings is 1. The lowest BCUT2D eigenvalue weighted by Crippen LogP contribution is -2.48. The molecule has 1 aliphatic heterocycles. The maximum Gasteiger partial charge on any atom is 0.224 e. The van der Waals surface area contributed by atoms with Crippen molar-refractivity contribution in [3.05, 3.63) is 59.4 Å². The number of hydrogen-bond acceptors (Lipinski definition) is 4. The first kappa shape index (κ1) is 19.9. The smallest absolute Gasteiger partial charge is 0.224 e. The summed E-state index contributed by atoms with van der Waals surface area (Å²) in [6.07, 6.45) is 2.11. The normalized spacial score (nSPS) is 14.2. The molecule has 0 aliphatic carbocycles. The average molecular weight is 406 g/mol. The van der Waals surface area contributed by atoms with Crippen molar-refractivity contribution in [1.29, 1.82) is 0 Å². The fraction of sp³-hybridized carbons (Fsp3) is 0.348. The van der Waals surface area contributed by atoms with Crippen LogP contribution in [0.4, 0.5) is 5.82 Å². The second kappa shape index (κ2) is 8.57. The lowest BCUT2D eigenvalue weighted by molar-refractivity contribution is -0.129. The van der Waals surface area contributed by atoms with Crippen LogP contribution in [-0.4, -0.2) is 52.9 Å². The van der Waals surface area contributed by atoms with Gasteiger partial charge in [0.15, 0.2) is 0 Å². The molecular weight excluding hydrogens is 378 g/mol. The number of nitrogens with zero attached hydrogens (tertiary/aromatic N) is 3. The van der Waals surface area contributed by atoms with Gasteiger partial charge >= 0.3 is 0 Å².